The molecule has 0 aliphatic rings. The van der Waals surface area contributed by atoms with Crippen LogP contribution in [0.3, 0.4) is 0 Å². The fourth-order valence-electron chi connectivity index (χ4n) is 1.70. The molecule has 1 aromatic rings. The number of rotatable bonds is 7. The molecule has 0 amide bonds. The lowest BCUT2D eigenvalue weighted by atomic mass is 10.0. The Labute approximate surface area is 99.2 Å². The molecule has 1 atom stereocenters. The van der Waals surface area contributed by atoms with E-state index < -0.39 is 0 Å². The molecule has 2 nitrogen and oxygen atoms in total. The fraction of sp³-hybridized carbons (Fsp3) is 0.571. The Kier molecular flexibility index (Phi) is 6.12. The summed E-state index contributed by atoms with van der Waals surface area (Å²) in [5.41, 5.74) is 7.35. The van der Waals surface area contributed by atoms with Gasteiger partial charge in [-0.1, -0.05) is 44.2 Å². The third-order valence-corrected chi connectivity index (χ3v) is 2.65. The lowest BCUT2D eigenvalue weighted by Gasteiger charge is -2.12. The lowest BCUT2D eigenvalue weighted by Crippen LogP contribution is -2.22. The van der Waals surface area contributed by atoms with Crippen molar-refractivity contribution in [1.82, 2.24) is 5.32 Å². The Morgan fingerprint density at radius 3 is 2.50 bits per heavy atom. The second kappa shape index (κ2) is 7.42. The normalized spacial score (nSPS) is 13.0. The monoisotopic (exact) mass is 220 g/mol. The predicted octanol–water partition coefficient (Wildman–Crippen LogP) is 2.71. The van der Waals surface area contributed by atoms with E-state index in [2.05, 4.69) is 31.3 Å². The molecule has 0 aromatic heterocycles. The van der Waals surface area contributed by atoms with Crippen LogP contribution < -0.4 is 11.1 Å². The highest BCUT2D eigenvalue weighted by atomic mass is 14.8. The van der Waals surface area contributed by atoms with Crippen LogP contribution in [-0.4, -0.2) is 13.1 Å². The maximum Gasteiger partial charge on any atom is 0.0295 e. The number of hydrogen-bond donors (Lipinski definition) is 2. The SMILES string of the molecule is CC(C)CNCCCC(N)c1ccccc1. The Morgan fingerprint density at radius 1 is 1.19 bits per heavy atom. The van der Waals surface area contributed by atoms with Crippen molar-refractivity contribution in [3.63, 3.8) is 0 Å². The summed E-state index contributed by atoms with van der Waals surface area (Å²) in [6.07, 6.45) is 2.19. The number of hydrogen-bond acceptors (Lipinski definition) is 2. The van der Waals surface area contributed by atoms with Crippen LogP contribution in [0.1, 0.15) is 38.3 Å². The average Bonchev–Trinajstić information content (AvgIpc) is 2.29. The third-order valence-electron chi connectivity index (χ3n) is 2.65. The van der Waals surface area contributed by atoms with E-state index in [-0.39, 0.29) is 6.04 Å². The van der Waals surface area contributed by atoms with Gasteiger partial charge in [-0.15, -0.1) is 0 Å². The first-order chi connectivity index (χ1) is 7.70. The Morgan fingerprint density at radius 2 is 1.88 bits per heavy atom. The van der Waals surface area contributed by atoms with Gasteiger partial charge in [0.05, 0.1) is 0 Å². The highest BCUT2D eigenvalue weighted by Gasteiger charge is 2.04. The van der Waals surface area contributed by atoms with Gasteiger partial charge < -0.3 is 11.1 Å². The Hall–Kier alpha value is -0.860. The van der Waals surface area contributed by atoms with Gasteiger partial charge in [-0.05, 0) is 37.4 Å². The molecule has 0 bridgehead atoms. The van der Waals surface area contributed by atoms with E-state index in [0.29, 0.717) is 0 Å². The van der Waals surface area contributed by atoms with Crippen LogP contribution in [0.25, 0.3) is 0 Å². The van der Waals surface area contributed by atoms with Crippen molar-refractivity contribution < 1.29 is 0 Å². The van der Waals surface area contributed by atoms with E-state index in [9.17, 15) is 0 Å². The van der Waals surface area contributed by atoms with Crippen molar-refractivity contribution in [2.45, 2.75) is 32.7 Å². The van der Waals surface area contributed by atoms with Crippen molar-refractivity contribution in [2.24, 2.45) is 11.7 Å². The molecule has 1 unspecified atom stereocenters. The molecule has 0 aliphatic heterocycles. The van der Waals surface area contributed by atoms with Crippen molar-refractivity contribution in [1.29, 1.82) is 0 Å². The predicted molar refractivity (Wildman–Crippen MR) is 70.3 cm³/mol. The summed E-state index contributed by atoms with van der Waals surface area (Å²) >= 11 is 0. The van der Waals surface area contributed by atoms with E-state index in [0.717, 1.165) is 31.8 Å². The molecule has 0 heterocycles. The fourth-order valence-corrected chi connectivity index (χ4v) is 1.70. The minimum atomic E-state index is 0.182. The first-order valence-corrected chi connectivity index (χ1v) is 6.21. The molecular weight excluding hydrogens is 196 g/mol. The van der Waals surface area contributed by atoms with E-state index in [1.54, 1.807) is 0 Å². The molecule has 3 N–H and O–H groups in total. The van der Waals surface area contributed by atoms with E-state index >= 15 is 0 Å². The van der Waals surface area contributed by atoms with Gasteiger partial charge in [0.15, 0.2) is 0 Å². The maximum absolute atomic E-state index is 6.11. The minimum Gasteiger partial charge on any atom is -0.324 e. The summed E-state index contributed by atoms with van der Waals surface area (Å²) in [6, 6.07) is 10.5. The van der Waals surface area contributed by atoms with Gasteiger partial charge in [0.1, 0.15) is 0 Å². The molecule has 0 spiro atoms. The quantitative estimate of drug-likeness (QED) is 0.693. The van der Waals surface area contributed by atoms with Gasteiger partial charge in [-0.25, -0.2) is 0 Å². The maximum atomic E-state index is 6.11. The van der Waals surface area contributed by atoms with Gasteiger partial charge in [-0.2, -0.15) is 0 Å². The number of nitrogens with one attached hydrogen (secondary N) is 1. The van der Waals surface area contributed by atoms with E-state index in [1.807, 2.05) is 18.2 Å². The van der Waals surface area contributed by atoms with Crippen molar-refractivity contribution >= 4 is 0 Å². The first-order valence-electron chi connectivity index (χ1n) is 6.21. The molecule has 0 aliphatic carbocycles. The lowest BCUT2D eigenvalue weighted by molar-refractivity contribution is 0.517. The van der Waals surface area contributed by atoms with Crippen LogP contribution in [0.4, 0.5) is 0 Å². The number of nitrogens with two attached hydrogens (primary N) is 1. The summed E-state index contributed by atoms with van der Waals surface area (Å²) in [5.74, 6) is 0.725. The first kappa shape index (κ1) is 13.2. The number of benzene rings is 1. The standard InChI is InChI=1S/C14H24N2/c1-12(2)11-16-10-6-9-14(15)13-7-4-3-5-8-13/h3-5,7-8,12,14,16H,6,9-11,15H2,1-2H3. The molecule has 0 fully saturated rings. The molecular formula is C14H24N2. The molecule has 90 valence electrons. The molecule has 0 saturated heterocycles. The van der Waals surface area contributed by atoms with Crippen LogP contribution in [-0.2, 0) is 0 Å². The highest BCUT2D eigenvalue weighted by Crippen LogP contribution is 2.14. The molecule has 1 rings (SSSR count). The molecule has 0 radical (unpaired) electrons. The summed E-state index contributed by atoms with van der Waals surface area (Å²) < 4.78 is 0. The molecule has 0 saturated carbocycles. The van der Waals surface area contributed by atoms with Gasteiger partial charge in [-0.3, -0.25) is 0 Å². The average molecular weight is 220 g/mol. The highest BCUT2D eigenvalue weighted by molar-refractivity contribution is 5.18. The summed E-state index contributed by atoms with van der Waals surface area (Å²) in [7, 11) is 0. The van der Waals surface area contributed by atoms with Crippen LogP contribution in [0, 0.1) is 5.92 Å². The van der Waals surface area contributed by atoms with E-state index in [1.165, 1.54) is 5.56 Å². The van der Waals surface area contributed by atoms with E-state index in [4.69, 9.17) is 5.73 Å². The van der Waals surface area contributed by atoms with Crippen LogP contribution in [0.5, 0.6) is 0 Å². The van der Waals surface area contributed by atoms with Crippen LogP contribution >= 0.6 is 0 Å². The van der Waals surface area contributed by atoms with Gasteiger partial charge in [0, 0.05) is 6.04 Å². The topological polar surface area (TPSA) is 38.0 Å². The second-order valence-electron chi connectivity index (χ2n) is 4.76. The van der Waals surface area contributed by atoms with Gasteiger partial charge in [0.25, 0.3) is 0 Å². The second-order valence-corrected chi connectivity index (χ2v) is 4.76. The minimum absolute atomic E-state index is 0.182. The van der Waals surface area contributed by atoms with Crippen LogP contribution in [0.2, 0.25) is 0 Å². The Bertz CT molecular complexity index is 269. The van der Waals surface area contributed by atoms with Gasteiger partial charge in [0.2, 0.25) is 0 Å². The summed E-state index contributed by atoms with van der Waals surface area (Å²) in [6.45, 7) is 6.62. The van der Waals surface area contributed by atoms with Crippen molar-refractivity contribution in [3.05, 3.63) is 35.9 Å². The third kappa shape index (κ3) is 5.29. The molecule has 1 aromatic carbocycles. The molecule has 16 heavy (non-hydrogen) atoms. The van der Waals surface area contributed by atoms with Gasteiger partial charge >= 0.3 is 0 Å². The van der Waals surface area contributed by atoms with Crippen molar-refractivity contribution in [2.75, 3.05) is 13.1 Å². The Balaban J connectivity index is 2.14. The molecule has 2 heteroatoms. The zero-order valence-corrected chi connectivity index (χ0v) is 10.4. The smallest absolute Gasteiger partial charge is 0.0295 e. The van der Waals surface area contributed by atoms with Crippen molar-refractivity contribution in [3.8, 4) is 0 Å². The summed E-state index contributed by atoms with van der Waals surface area (Å²) in [5, 5.41) is 3.44. The zero-order chi connectivity index (χ0) is 11.8. The summed E-state index contributed by atoms with van der Waals surface area (Å²) in [4.78, 5) is 0. The van der Waals surface area contributed by atoms with Crippen LogP contribution in [0.15, 0.2) is 30.3 Å². The largest absolute Gasteiger partial charge is 0.324 e. The zero-order valence-electron chi connectivity index (χ0n) is 10.4.